The molecule has 0 radical (unpaired) electrons. The van der Waals surface area contributed by atoms with Gasteiger partial charge in [-0.15, -0.1) is 0 Å². The van der Waals surface area contributed by atoms with Gasteiger partial charge in [-0.2, -0.15) is 0 Å². The van der Waals surface area contributed by atoms with Gasteiger partial charge in [-0.05, 0) is 36.5 Å². The van der Waals surface area contributed by atoms with Crippen molar-refractivity contribution in [1.29, 1.82) is 0 Å². The number of amides is 1. The first-order valence-electron chi connectivity index (χ1n) is 8.18. The lowest BCUT2D eigenvalue weighted by molar-refractivity contribution is -0.00293. The number of carbonyl (C=O) groups excluding carboxylic acids is 1. The van der Waals surface area contributed by atoms with E-state index in [1.54, 1.807) is 7.11 Å². The molecule has 1 saturated carbocycles. The summed E-state index contributed by atoms with van der Waals surface area (Å²) in [7, 11) is 1.66. The Labute approximate surface area is 133 Å². The lowest BCUT2D eigenvalue weighted by Crippen LogP contribution is -2.31. The van der Waals surface area contributed by atoms with Crippen molar-refractivity contribution in [3.8, 4) is 0 Å². The van der Waals surface area contributed by atoms with E-state index in [4.69, 9.17) is 9.47 Å². The summed E-state index contributed by atoms with van der Waals surface area (Å²) in [6.07, 6.45) is 5.34. The minimum absolute atomic E-state index is 0.0516. The molecule has 2 rings (SSSR count). The molecule has 0 saturated heterocycles. The summed E-state index contributed by atoms with van der Waals surface area (Å²) in [4.78, 5) is 12.0. The monoisotopic (exact) mass is 305 g/mol. The third kappa shape index (κ3) is 5.11. The van der Waals surface area contributed by atoms with Gasteiger partial charge in [-0.25, -0.2) is 0 Å². The number of rotatable bonds is 7. The molecule has 1 N–H and O–H groups in total. The maximum atomic E-state index is 12.0. The van der Waals surface area contributed by atoms with E-state index in [1.807, 2.05) is 24.3 Å². The lowest BCUT2D eigenvalue weighted by atomic mass is 9.88. The third-order valence-electron chi connectivity index (χ3n) is 4.28. The molecule has 4 heteroatoms. The standard InChI is InChI=1S/C18H27NO3/c1-14-5-3-4-6-17(14)22-12-11-19-18(20)16-9-7-15(8-10-16)13-21-2/h7-10,14,17H,3-6,11-13H2,1-2H3,(H,19,20)/t14-,17-/m0/s1. The van der Waals surface area contributed by atoms with Gasteiger partial charge in [0.1, 0.15) is 0 Å². The van der Waals surface area contributed by atoms with E-state index < -0.39 is 0 Å². The predicted octanol–water partition coefficient (Wildman–Crippen LogP) is 3.16. The zero-order valence-corrected chi connectivity index (χ0v) is 13.6. The van der Waals surface area contributed by atoms with Crippen LogP contribution in [0.5, 0.6) is 0 Å². The van der Waals surface area contributed by atoms with Crippen LogP contribution in [0, 0.1) is 5.92 Å². The predicted molar refractivity (Wildman–Crippen MR) is 86.9 cm³/mol. The Morgan fingerprint density at radius 1 is 1.23 bits per heavy atom. The zero-order chi connectivity index (χ0) is 15.8. The van der Waals surface area contributed by atoms with E-state index in [-0.39, 0.29) is 5.91 Å². The van der Waals surface area contributed by atoms with Crippen LogP contribution in [0.15, 0.2) is 24.3 Å². The molecule has 1 aliphatic carbocycles. The number of hydrogen-bond donors (Lipinski definition) is 1. The summed E-state index contributed by atoms with van der Waals surface area (Å²) in [5, 5.41) is 2.91. The fourth-order valence-corrected chi connectivity index (χ4v) is 2.93. The Balaban J connectivity index is 1.68. The van der Waals surface area contributed by atoms with Crippen molar-refractivity contribution in [3.63, 3.8) is 0 Å². The van der Waals surface area contributed by atoms with E-state index in [0.29, 0.717) is 37.3 Å². The second-order valence-corrected chi connectivity index (χ2v) is 6.06. The Kier molecular flexibility index (Phi) is 6.87. The molecule has 0 aromatic heterocycles. The number of ether oxygens (including phenoxy) is 2. The van der Waals surface area contributed by atoms with Gasteiger partial charge >= 0.3 is 0 Å². The molecular weight excluding hydrogens is 278 g/mol. The average Bonchev–Trinajstić information content (AvgIpc) is 2.54. The first-order valence-corrected chi connectivity index (χ1v) is 8.18. The zero-order valence-electron chi connectivity index (χ0n) is 13.6. The molecule has 0 spiro atoms. The lowest BCUT2D eigenvalue weighted by Gasteiger charge is -2.28. The number of carbonyl (C=O) groups is 1. The van der Waals surface area contributed by atoms with E-state index >= 15 is 0 Å². The van der Waals surface area contributed by atoms with Gasteiger partial charge in [0.15, 0.2) is 0 Å². The van der Waals surface area contributed by atoms with Gasteiger partial charge in [0.25, 0.3) is 5.91 Å². The topological polar surface area (TPSA) is 47.6 Å². The van der Waals surface area contributed by atoms with Crippen molar-refractivity contribution >= 4 is 5.91 Å². The van der Waals surface area contributed by atoms with Crippen LogP contribution in [-0.4, -0.2) is 32.3 Å². The molecule has 1 aromatic carbocycles. The molecule has 22 heavy (non-hydrogen) atoms. The highest BCUT2D eigenvalue weighted by molar-refractivity contribution is 5.94. The molecule has 4 nitrogen and oxygen atoms in total. The van der Waals surface area contributed by atoms with Gasteiger partial charge < -0.3 is 14.8 Å². The van der Waals surface area contributed by atoms with Gasteiger partial charge in [0, 0.05) is 19.2 Å². The highest BCUT2D eigenvalue weighted by atomic mass is 16.5. The summed E-state index contributed by atoms with van der Waals surface area (Å²) >= 11 is 0. The largest absolute Gasteiger partial charge is 0.380 e. The summed E-state index contributed by atoms with van der Waals surface area (Å²) in [5.41, 5.74) is 1.74. The Morgan fingerprint density at radius 3 is 2.64 bits per heavy atom. The van der Waals surface area contributed by atoms with E-state index in [2.05, 4.69) is 12.2 Å². The van der Waals surface area contributed by atoms with Crippen LogP contribution in [0.2, 0.25) is 0 Å². The van der Waals surface area contributed by atoms with Crippen LogP contribution in [0.1, 0.15) is 48.5 Å². The second kappa shape index (κ2) is 8.91. The van der Waals surface area contributed by atoms with Crippen molar-refractivity contribution in [2.45, 2.75) is 45.3 Å². The SMILES string of the molecule is COCc1ccc(C(=O)NCCO[C@H]2CCCC[C@@H]2C)cc1. The maximum absolute atomic E-state index is 12.0. The molecule has 1 aromatic rings. The molecular formula is C18H27NO3. The Bertz CT molecular complexity index is 458. The average molecular weight is 305 g/mol. The fourth-order valence-electron chi connectivity index (χ4n) is 2.93. The Morgan fingerprint density at radius 2 is 1.95 bits per heavy atom. The number of hydrogen-bond acceptors (Lipinski definition) is 3. The first-order chi connectivity index (χ1) is 10.7. The van der Waals surface area contributed by atoms with Crippen molar-refractivity contribution in [3.05, 3.63) is 35.4 Å². The quantitative estimate of drug-likeness (QED) is 0.787. The molecule has 2 atom stereocenters. The minimum Gasteiger partial charge on any atom is -0.380 e. The van der Waals surface area contributed by atoms with Crippen molar-refractivity contribution in [2.24, 2.45) is 5.92 Å². The van der Waals surface area contributed by atoms with E-state index in [9.17, 15) is 4.79 Å². The smallest absolute Gasteiger partial charge is 0.251 e. The highest BCUT2D eigenvalue weighted by Crippen LogP contribution is 2.25. The summed E-state index contributed by atoms with van der Waals surface area (Å²) in [6, 6.07) is 7.48. The van der Waals surface area contributed by atoms with Gasteiger partial charge in [-0.1, -0.05) is 31.9 Å². The van der Waals surface area contributed by atoms with Gasteiger partial charge in [-0.3, -0.25) is 4.79 Å². The summed E-state index contributed by atoms with van der Waals surface area (Å²) in [5.74, 6) is 0.585. The van der Waals surface area contributed by atoms with E-state index in [1.165, 1.54) is 19.3 Å². The number of nitrogens with one attached hydrogen (secondary N) is 1. The van der Waals surface area contributed by atoms with Crippen LogP contribution in [0.3, 0.4) is 0 Å². The number of methoxy groups -OCH3 is 1. The van der Waals surface area contributed by atoms with Gasteiger partial charge in [0.05, 0.1) is 19.3 Å². The first kappa shape index (κ1) is 17.0. The minimum atomic E-state index is -0.0516. The normalized spacial score (nSPS) is 21.5. The second-order valence-electron chi connectivity index (χ2n) is 6.06. The van der Waals surface area contributed by atoms with Crippen molar-refractivity contribution in [1.82, 2.24) is 5.32 Å². The molecule has 1 aliphatic rings. The van der Waals surface area contributed by atoms with Crippen molar-refractivity contribution < 1.29 is 14.3 Å². The molecule has 0 aliphatic heterocycles. The molecule has 122 valence electrons. The van der Waals surface area contributed by atoms with Crippen LogP contribution >= 0.6 is 0 Å². The third-order valence-corrected chi connectivity index (χ3v) is 4.28. The van der Waals surface area contributed by atoms with Gasteiger partial charge in [0.2, 0.25) is 0 Å². The molecule has 0 bridgehead atoms. The van der Waals surface area contributed by atoms with Crippen LogP contribution in [0.25, 0.3) is 0 Å². The van der Waals surface area contributed by atoms with E-state index in [0.717, 1.165) is 12.0 Å². The van der Waals surface area contributed by atoms with Crippen LogP contribution < -0.4 is 5.32 Å². The summed E-state index contributed by atoms with van der Waals surface area (Å²) < 4.78 is 11.0. The Hall–Kier alpha value is -1.39. The fraction of sp³-hybridized carbons (Fsp3) is 0.611. The number of benzene rings is 1. The van der Waals surface area contributed by atoms with Crippen molar-refractivity contribution in [2.75, 3.05) is 20.3 Å². The summed E-state index contributed by atoms with van der Waals surface area (Å²) in [6.45, 7) is 3.96. The molecule has 1 fully saturated rings. The molecule has 1 amide bonds. The van der Waals surface area contributed by atoms with Crippen LogP contribution in [-0.2, 0) is 16.1 Å². The van der Waals surface area contributed by atoms with Crippen LogP contribution in [0.4, 0.5) is 0 Å². The molecule has 0 heterocycles. The maximum Gasteiger partial charge on any atom is 0.251 e. The molecule has 0 unspecified atom stereocenters. The highest BCUT2D eigenvalue weighted by Gasteiger charge is 2.21.